The van der Waals surface area contributed by atoms with Crippen LogP contribution >= 0.6 is 0 Å². The summed E-state index contributed by atoms with van der Waals surface area (Å²) in [6.45, 7) is 3.89. The third kappa shape index (κ3) is 3.73. The molecule has 126 valence electrons. The summed E-state index contributed by atoms with van der Waals surface area (Å²) in [5.41, 5.74) is 1.75. The highest BCUT2D eigenvalue weighted by Gasteiger charge is 2.27. The highest BCUT2D eigenvalue weighted by molar-refractivity contribution is 7.89. The van der Waals surface area contributed by atoms with Crippen LogP contribution in [0, 0.1) is 5.92 Å². The van der Waals surface area contributed by atoms with E-state index >= 15 is 0 Å². The van der Waals surface area contributed by atoms with Crippen LogP contribution in [0.2, 0.25) is 0 Å². The maximum Gasteiger partial charge on any atom is 0.240 e. The van der Waals surface area contributed by atoms with Crippen molar-refractivity contribution in [2.75, 3.05) is 31.1 Å². The van der Waals surface area contributed by atoms with Gasteiger partial charge in [0, 0.05) is 18.8 Å². The average molecular weight is 337 g/mol. The molecule has 1 aromatic rings. The van der Waals surface area contributed by atoms with E-state index in [0.717, 1.165) is 30.1 Å². The van der Waals surface area contributed by atoms with Gasteiger partial charge in [-0.3, -0.25) is 4.79 Å². The minimum Gasteiger partial charge on any atom is -0.311 e. The maximum absolute atomic E-state index is 12.4. The van der Waals surface area contributed by atoms with Crippen molar-refractivity contribution in [1.29, 1.82) is 0 Å². The van der Waals surface area contributed by atoms with Gasteiger partial charge >= 0.3 is 0 Å². The molecule has 0 unspecified atom stereocenters. The molecule has 1 aliphatic heterocycles. The molecular formula is C16H23N3O3S. The highest BCUT2D eigenvalue weighted by atomic mass is 32.2. The summed E-state index contributed by atoms with van der Waals surface area (Å²) in [6, 6.07) is 5.03. The zero-order valence-electron chi connectivity index (χ0n) is 13.3. The Labute approximate surface area is 137 Å². The van der Waals surface area contributed by atoms with E-state index in [-0.39, 0.29) is 10.8 Å². The molecule has 0 atom stereocenters. The van der Waals surface area contributed by atoms with Gasteiger partial charge in [0.15, 0.2) is 0 Å². The number of rotatable bonds is 7. The van der Waals surface area contributed by atoms with Crippen molar-refractivity contribution in [3.63, 3.8) is 0 Å². The number of benzene rings is 1. The average Bonchev–Trinajstić information content (AvgIpc) is 3.23. The molecule has 1 saturated carbocycles. The Balaban J connectivity index is 1.73. The highest BCUT2D eigenvalue weighted by Crippen LogP contribution is 2.31. The predicted octanol–water partition coefficient (Wildman–Crippen LogP) is 0.873. The zero-order chi connectivity index (χ0) is 16.4. The van der Waals surface area contributed by atoms with E-state index < -0.39 is 10.0 Å². The Morgan fingerprint density at radius 3 is 2.83 bits per heavy atom. The lowest BCUT2D eigenvalue weighted by atomic mass is 10.2. The number of fused-ring (bicyclic) bond motifs is 1. The van der Waals surface area contributed by atoms with Crippen LogP contribution in [0.3, 0.4) is 0 Å². The number of hydrogen-bond donors (Lipinski definition) is 2. The van der Waals surface area contributed by atoms with Gasteiger partial charge in [0.05, 0.1) is 11.4 Å². The van der Waals surface area contributed by atoms with Gasteiger partial charge in [-0.15, -0.1) is 0 Å². The van der Waals surface area contributed by atoms with Crippen LogP contribution < -0.4 is 14.9 Å². The first-order valence-electron chi connectivity index (χ1n) is 8.15. The van der Waals surface area contributed by atoms with Crippen LogP contribution in [0.1, 0.15) is 25.3 Å². The number of carbonyl (C=O) groups excluding carboxylic acids is 1. The van der Waals surface area contributed by atoms with E-state index in [9.17, 15) is 13.2 Å². The van der Waals surface area contributed by atoms with Crippen molar-refractivity contribution in [1.82, 2.24) is 10.0 Å². The van der Waals surface area contributed by atoms with Crippen molar-refractivity contribution >= 4 is 21.6 Å². The molecular weight excluding hydrogens is 314 g/mol. The molecule has 1 fully saturated rings. The summed E-state index contributed by atoms with van der Waals surface area (Å²) in [5.74, 6) is 0.730. The normalized spacial score (nSPS) is 17.3. The van der Waals surface area contributed by atoms with Crippen LogP contribution in [0.5, 0.6) is 0 Å². The first kappa shape index (κ1) is 16.4. The number of nitrogens with one attached hydrogen (secondary N) is 2. The molecule has 0 spiro atoms. The maximum atomic E-state index is 12.4. The van der Waals surface area contributed by atoms with Gasteiger partial charge in [-0.2, -0.15) is 0 Å². The Hall–Kier alpha value is -1.44. The van der Waals surface area contributed by atoms with Crippen molar-refractivity contribution in [2.45, 2.75) is 31.1 Å². The topological polar surface area (TPSA) is 78.5 Å². The largest absolute Gasteiger partial charge is 0.311 e. The lowest BCUT2D eigenvalue weighted by Crippen LogP contribution is -2.37. The van der Waals surface area contributed by atoms with Crippen molar-refractivity contribution in [3.05, 3.63) is 23.8 Å². The number of anilines is 1. The minimum absolute atomic E-state index is 0.00222. The first-order chi connectivity index (χ1) is 11.0. The second-order valence-corrected chi connectivity index (χ2v) is 7.93. The van der Waals surface area contributed by atoms with E-state index in [2.05, 4.69) is 10.0 Å². The molecule has 0 saturated heterocycles. The summed E-state index contributed by atoms with van der Waals surface area (Å²) in [5, 5.41) is 3.20. The summed E-state index contributed by atoms with van der Waals surface area (Å²) >= 11 is 0. The van der Waals surface area contributed by atoms with Gasteiger partial charge in [0.2, 0.25) is 15.9 Å². The quantitative estimate of drug-likeness (QED) is 0.774. The predicted molar refractivity (Wildman–Crippen MR) is 89.0 cm³/mol. The van der Waals surface area contributed by atoms with Gasteiger partial charge in [-0.25, -0.2) is 13.1 Å². The van der Waals surface area contributed by atoms with Crippen molar-refractivity contribution in [2.24, 2.45) is 5.92 Å². The van der Waals surface area contributed by atoms with Crippen molar-refractivity contribution in [3.8, 4) is 0 Å². The number of nitrogens with zero attached hydrogens (tertiary/aromatic N) is 1. The Kier molecular flexibility index (Phi) is 4.70. The fraction of sp³-hybridized carbons (Fsp3) is 0.562. The van der Waals surface area contributed by atoms with Crippen molar-refractivity contribution < 1.29 is 13.2 Å². The Bertz CT molecular complexity index is 699. The van der Waals surface area contributed by atoms with Crippen LogP contribution in [0.4, 0.5) is 5.69 Å². The molecule has 0 bridgehead atoms. The molecule has 1 aromatic carbocycles. The fourth-order valence-corrected chi connectivity index (χ4v) is 3.92. The van der Waals surface area contributed by atoms with E-state index in [0.29, 0.717) is 19.6 Å². The monoisotopic (exact) mass is 337 g/mol. The number of hydrogen-bond acceptors (Lipinski definition) is 4. The second kappa shape index (κ2) is 6.59. The van der Waals surface area contributed by atoms with Gasteiger partial charge in [-0.1, -0.05) is 13.0 Å². The van der Waals surface area contributed by atoms with Crippen LogP contribution in [0.25, 0.3) is 0 Å². The summed E-state index contributed by atoms with van der Waals surface area (Å²) in [4.78, 5) is 14.3. The molecule has 1 heterocycles. The van der Waals surface area contributed by atoms with E-state index in [1.807, 2.05) is 6.07 Å². The van der Waals surface area contributed by atoms with Crippen LogP contribution in [-0.4, -0.2) is 40.5 Å². The van der Waals surface area contributed by atoms with E-state index in [1.165, 1.54) is 12.8 Å². The Morgan fingerprint density at radius 1 is 1.35 bits per heavy atom. The van der Waals surface area contributed by atoms with E-state index in [1.54, 1.807) is 24.0 Å². The molecule has 0 aromatic heterocycles. The number of amides is 1. The SMILES string of the molecule is CCNS(=O)(=O)c1ccc2c(c1)N(C(=O)CNCC1CC1)CC2. The van der Waals surface area contributed by atoms with Gasteiger partial charge in [0.1, 0.15) is 0 Å². The summed E-state index contributed by atoms with van der Waals surface area (Å²) in [7, 11) is -3.50. The molecule has 3 rings (SSSR count). The molecule has 1 aliphatic carbocycles. The lowest BCUT2D eigenvalue weighted by molar-refractivity contribution is -0.117. The summed E-state index contributed by atoms with van der Waals surface area (Å²) < 4.78 is 26.8. The first-order valence-corrected chi connectivity index (χ1v) is 9.63. The fourth-order valence-electron chi connectivity index (χ4n) is 2.86. The van der Waals surface area contributed by atoms with E-state index in [4.69, 9.17) is 0 Å². The molecule has 7 heteroatoms. The number of sulfonamides is 1. The second-order valence-electron chi connectivity index (χ2n) is 6.16. The molecule has 2 aliphatic rings. The smallest absolute Gasteiger partial charge is 0.240 e. The minimum atomic E-state index is -3.50. The molecule has 6 nitrogen and oxygen atoms in total. The van der Waals surface area contributed by atoms with Crippen LogP contribution in [0.15, 0.2) is 23.1 Å². The molecule has 2 N–H and O–H groups in total. The van der Waals surface area contributed by atoms with Gasteiger partial charge < -0.3 is 10.2 Å². The molecule has 1 amide bonds. The third-order valence-electron chi connectivity index (χ3n) is 4.30. The summed E-state index contributed by atoms with van der Waals surface area (Å²) in [6.07, 6.45) is 3.27. The number of carbonyl (C=O) groups is 1. The molecule has 23 heavy (non-hydrogen) atoms. The lowest BCUT2D eigenvalue weighted by Gasteiger charge is -2.18. The Morgan fingerprint density at radius 2 is 2.13 bits per heavy atom. The molecule has 0 radical (unpaired) electrons. The standard InChI is InChI=1S/C16H23N3O3S/c1-2-18-23(21,22)14-6-5-13-7-8-19(15(13)9-14)16(20)11-17-10-12-3-4-12/h5-6,9,12,17-18H,2-4,7-8,10-11H2,1H3. The van der Waals surface area contributed by atoms with Gasteiger partial charge in [-0.05, 0) is 49.4 Å². The third-order valence-corrected chi connectivity index (χ3v) is 5.85. The van der Waals surface area contributed by atoms with Crippen LogP contribution in [-0.2, 0) is 21.2 Å². The zero-order valence-corrected chi connectivity index (χ0v) is 14.2. The van der Waals surface area contributed by atoms with Gasteiger partial charge in [0.25, 0.3) is 0 Å².